The number of hydrogen-bond acceptors (Lipinski definition) is 5. The van der Waals surface area contributed by atoms with Crippen LogP contribution < -0.4 is 0 Å². The zero-order chi connectivity index (χ0) is 15.2. The fourth-order valence-corrected chi connectivity index (χ4v) is 3.04. The van der Waals surface area contributed by atoms with E-state index in [0.717, 1.165) is 63.5 Å². The maximum Gasteiger partial charge on any atom is 0.240 e. The van der Waals surface area contributed by atoms with Crippen molar-refractivity contribution < 1.29 is 9.63 Å². The van der Waals surface area contributed by atoms with Crippen molar-refractivity contribution in [1.82, 2.24) is 15.0 Å². The summed E-state index contributed by atoms with van der Waals surface area (Å²) in [7, 11) is 0. The maximum absolute atomic E-state index is 10.2. The number of likely N-dealkylation sites (tertiary alicyclic amines) is 1. The third-order valence-corrected chi connectivity index (χ3v) is 4.23. The molecule has 0 amide bonds. The minimum Gasteiger partial charge on any atom is -0.393 e. The molecule has 1 aliphatic heterocycles. The van der Waals surface area contributed by atoms with E-state index in [1.807, 2.05) is 0 Å². The zero-order valence-electron chi connectivity index (χ0n) is 13.6. The Kier molecular flexibility index (Phi) is 6.18. The first-order chi connectivity index (χ1) is 10.1. The molecule has 2 heterocycles. The van der Waals surface area contributed by atoms with E-state index >= 15 is 0 Å². The van der Waals surface area contributed by atoms with Crippen LogP contribution in [0.25, 0.3) is 0 Å². The van der Waals surface area contributed by atoms with E-state index in [-0.39, 0.29) is 6.10 Å². The van der Waals surface area contributed by atoms with Gasteiger partial charge >= 0.3 is 0 Å². The van der Waals surface area contributed by atoms with Crippen LogP contribution >= 0.6 is 0 Å². The second-order valence-electron chi connectivity index (χ2n) is 6.66. The number of nitrogens with zero attached hydrogens (tertiary/aromatic N) is 3. The normalized spacial score (nSPS) is 19.3. The summed E-state index contributed by atoms with van der Waals surface area (Å²) in [5.74, 6) is 2.55. The molecule has 120 valence electrons. The van der Waals surface area contributed by atoms with Crippen LogP contribution in [0.15, 0.2) is 4.52 Å². The van der Waals surface area contributed by atoms with Crippen molar-refractivity contribution in [2.75, 3.05) is 13.1 Å². The molecule has 0 spiro atoms. The van der Waals surface area contributed by atoms with E-state index in [0.29, 0.717) is 11.8 Å². The standard InChI is InChI=1S/C16H29N3O2/c1-4-5-15-17-16(21-18-15)11-19-8-6-13(7-9-19)14(20)10-12(2)3/h12-14,20H,4-11H2,1-3H3. The van der Waals surface area contributed by atoms with Gasteiger partial charge < -0.3 is 9.63 Å². The molecule has 1 N–H and O–H groups in total. The van der Waals surface area contributed by atoms with Crippen LogP contribution in [0.3, 0.4) is 0 Å². The van der Waals surface area contributed by atoms with Gasteiger partial charge in [0.15, 0.2) is 5.82 Å². The Bertz CT molecular complexity index is 411. The number of aryl methyl sites for hydroxylation is 1. The average Bonchev–Trinajstić information content (AvgIpc) is 2.86. The summed E-state index contributed by atoms with van der Waals surface area (Å²) >= 11 is 0. The van der Waals surface area contributed by atoms with Crippen molar-refractivity contribution in [2.24, 2.45) is 11.8 Å². The van der Waals surface area contributed by atoms with Crippen LogP contribution in [0.4, 0.5) is 0 Å². The molecule has 5 nitrogen and oxygen atoms in total. The minimum atomic E-state index is -0.147. The summed E-state index contributed by atoms with van der Waals surface area (Å²) in [5.41, 5.74) is 0. The predicted molar refractivity (Wildman–Crippen MR) is 81.8 cm³/mol. The second-order valence-corrected chi connectivity index (χ2v) is 6.66. The molecule has 0 aliphatic carbocycles. The molecule has 0 saturated carbocycles. The number of aromatic nitrogens is 2. The summed E-state index contributed by atoms with van der Waals surface area (Å²) in [4.78, 5) is 6.77. The SMILES string of the molecule is CCCc1noc(CN2CCC(C(O)CC(C)C)CC2)n1. The van der Waals surface area contributed by atoms with E-state index in [1.165, 1.54) is 0 Å². The van der Waals surface area contributed by atoms with Crippen molar-refractivity contribution in [3.63, 3.8) is 0 Å². The highest BCUT2D eigenvalue weighted by atomic mass is 16.5. The lowest BCUT2D eigenvalue weighted by Gasteiger charge is -2.33. The summed E-state index contributed by atoms with van der Waals surface area (Å²) in [5, 5.41) is 14.2. The van der Waals surface area contributed by atoms with Crippen LogP contribution in [0.5, 0.6) is 0 Å². The van der Waals surface area contributed by atoms with Gasteiger partial charge in [-0.05, 0) is 50.6 Å². The Hall–Kier alpha value is -0.940. The Morgan fingerprint density at radius 3 is 2.67 bits per heavy atom. The largest absolute Gasteiger partial charge is 0.393 e. The topological polar surface area (TPSA) is 62.4 Å². The van der Waals surface area contributed by atoms with E-state index in [9.17, 15) is 5.11 Å². The van der Waals surface area contributed by atoms with Crippen LogP contribution in [0.1, 0.15) is 58.2 Å². The molecule has 1 atom stereocenters. The molecular weight excluding hydrogens is 266 g/mol. The molecule has 0 bridgehead atoms. The van der Waals surface area contributed by atoms with Gasteiger partial charge in [0.1, 0.15) is 0 Å². The Morgan fingerprint density at radius 2 is 2.05 bits per heavy atom. The van der Waals surface area contributed by atoms with Gasteiger partial charge in [0, 0.05) is 6.42 Å². The Morgan fingerprint density at radius 1 is 1.33 bits per heavy atom. The molecule has 1 aromatic rings. The van der Waals surface area contributed by atoms with Gasteiger partial charge in [-0.3, -0.25) is 4.90 Å². The Labute approximate surface area is 127 Å². The summed E-state index contributed by atoms with van der Waals surface area (Å²) in [6, 6.07) is 0. The molecule has 1 aliphatic rings. The first-order valence-electron chi connectivity index (χ1n) is 8.30. The molecule has 1 aromatic heterocycles. The van der Waals surface area contributed by atoms with Crippen molar-refractivity contribution >= 4 is 0 Å². The number of aliphatic hydroxyl groups excluding tert-OH is 1. The highest BCUT2D eigenvalue weighted by molar-refractivity contribution is 4.87. The average molecular weight is 295 g/mol. The van der Waals surface area contributed by atoms with Crippen LogP contribution in [0.2, 0.25) is 0 Å². The van der Waals surface area contributed by atoms with E-state index in [4.69, 9.17) is 4.52 Å². The van der Waals surface area contributed by atoms with Gasteiger partial charge in [0.25, 0.3) is 0 Å². The maximum atomic E-state index is 10.2. The lowest BCUT2D eigenvalue weighted by Crippen LogP contribution is -2.37. The first kappa shape index (κ1) is 16.4. The quantitative estimate of drug-likeness (QED) is 0.838. The lowest BCUT2D eigenvalue weighted by atomic mass is 9.87. The number of aliphatic hydroxyl groups is 1. The monoisotopic (exact) mass is 295 g/mol. The number of piperidine rings is 1. The van der Waals surface area contributed by atoms with Gasteiger partial charge in [0.2, 0.25) is 5.89 Å². The molecule has 21 heavy (non-hydrogen) atoms. The molecule has 2 rings (SSSR count). The van der Waals surface area contributed by atoms with Crippen LogP contribution in [-0.2, 0) is 13.0 Å². The van der Waals surface area contributed by atoms with Crippen molar-refractivity contribution in [2.45, 2.75) is 65.5 Å². The molecule has 5 heteroatoms. The van der Waals surface area contributed by atoms with E-state index in [1.54, 1.807) is 0 Å². The molecule has 0 radical (unpaired) electrons. The van der Waals surface area contributed by atoms with Gasteiger partial charge in [-0.25, -0.2) is 0 Å². The van der Waals surface area contributed by atoms with Gasteiger partial charge in [-0.2, -0.15) is 4.98 Å². The summed E-state index contributed by atoms with van der Waals surface area (Å²) in [6.45, 7) is 9.20. The van der Waals surface area contributed by atoms with Gasteiger partial charge in [0.05, 0.1) is 12.6 Å². The highest BCUT2D eigenvalue weighted by Gasteiger charge is 2.26. The molecular formula is C16H29N3O2. The first-order valence-corrected chi connectivity index (χ1v) is 8.30. The van der Waals surface area contributed by atoms with Crippen LogP contribution in [0, 0.1) is 11.8 Å². The van der Waals surface area contributed by atoms with Crippen LogP contribution in [-0.4, -0.2) is 39.3 Å². The molecule has 1 fully saturated rings. The predicted octanol–water partition coefficient (Wildman–Crippen LogP) is 2.64. The third kappa shape index (κ3) is 5.08. The summed E-state index contributed by atoms with van der Waals surface area (Å²) < 4.78 is 5.29. The van der Waals surface area contributed by atoms with Gasteiger partial charge in [-0.15, -0.1) is 0 Å². The van der Waals surface area contributed by atoms with E-state index < -0.39 is 0 Å². The Balaban J connectivity index is 1.75. The molecule has 0 aromatic carbocycles. The second kappa shape index (κ2) is 7.90. The molecule has 1 saturated heterocycles. The van der Waals surface area contributed by atoms with Gasteiger partial charge in [-0.1, -0.05) is 25.9 Å². The van der Waals surface area contributed by atoms with Crippen molar-refractivity contribution in [3.8, 4) is 0 Å². The third-order valence-electron chi connectivity index (χ3n) is 4.23. The van der Waals surface area contributed by atoms with Crippen molar-refractivity contribution in [3.05, 3.63) is 11.7 Å². The fourth-order valence-electron chi connectivity index (χ4n) is 3.04. The number of hydrogen-bond donors (Lipinski definition) is 1. The summed E-state index contributed by atoms with van der Waals surface area (Å²) in [6.07, 6.45) is 4.81. The molecule has 1 unspecified atom stereocenters. The minimum absolute atomic E-state index is 0.147. The zero-order valence-corrected chi connectivity index (χ0v) is 13.6. The lowest BCUT2D eigenvalue weighted by molar-refractivity contribution is 0.0413. The fraction of sp³-hybridized carbons (Fsp3) is 0.875. The highest BCUT2D eigenvalue weighted by Crippen LogP contribution is 2.25. The number of rotatable bonds is 7. The van der Waals surface area contributed by atoms with Crippen molar-refractivity contribution in [1.29, 1.82) is 0 Å². The van der Waals surface area contributed by atoms with E-state index in [2.05, 4.69) is 35.8 Å². The smallest absolute Gasteiger partial charge is 0.240 e.